The van der Waals surface area contributed by atoms with E-state index in [1.807, 2.05) is 6.92 Å². The second-order valence-corrected chi connectivity index (χ2v) is 5.99. The van der Waals surface area contributed by atoms with Crippen LogP contribution in [0.3, 0.4) is 0 Å². The van der Waals surface area contributed by atoms with Gasteiger partial charge in [0.05, 0.1) is 0 Å². The Morgan fingerprint density at radius 1 is 1.32 bits per heavy atom. The Labute approximate surface area is 112 Å². The van der Waals surface area contributed by atoms with Gasteiger partial charge in [-0.15, -0.1) is 0 Å². The SMILES string of the molecule is CC(c1ccc(F)cc1F)N1CCC2(CCNC2)C1. The van der Waals surface area contributed by atoms with Crippen molar-refractivity contribution in [3.05, 3.63) is 35.4 Å². The quantitative estimate of drug-likeness (QED) is 0.885. The predicted molar refractivity (Wildman–Crippen MR) is 70.9 cm³/mol. The van der Waals surface area contributed by atoms with Gasteiger partial charge in [0.15, 0.2) is 0 Å². The molecule has 0 radical (unpaired) electrons. The molecule has 2 aliphatic heterocycles. The Hall–Kier alpha value is -1.00. The number of rotatable bonds is 2. The lowest BCUT2D eigenvalue weighted by Gasteiger charge is -2.28. The first-order chi connectivity index (χ1) is 9.10. The number of likely N-dealkylation sites (tertiary alicyclic amines) is 1. The summed E-state index contributed by atoms with van der Waals surface area (Å²) >= 11 is 0. The number of nitrogens with zero attached hydrogens (tertiary/aromatic N) is 1. The van der Waals surface area contributed by atoms with Crippen LogP contribution < -0.4 is 5.32 Å². The van der Waals surface area contributed by atoms with Crippen molar-refractivity contribution in [2.75, 3.05) is 26.2 Å². The molecule has 2 atom stereocenters. The third-order valence-corrected chi connectivity index (χ3v) is 4.76. The second kappa shape index (κ2) is 4.84. The third kappa shape index (κ3) is 2.39. The normalized spacial score (nSPS) is 29.2. The summed E-state index contributed by atoms with van der Waals surface area (Å²) in [6, 6.07) is 3.92. The van der Waals surface area contributed by atoms with Crippen LogP contribution in [0.4, 0.5) is 8.78 Å². The van der Waals surface area contributed by atoms with Crippen molar-refractivity contribution in [1.29, 1.82) is 0 Å². The molecular formula is C15H20F2N2. The fourth-order valence-electron chi connectivity index (χ4n) is 3.48. The molecule has 0 aliphatic carbocycles. The zero-order chi connectivity index (χ0) is 13.5. The van der Waals surface area contributed by atoms with Crippen LogP contribution in [-0.2, 0) is 0 Å². The van der Waals surface area contributed by atoms with Gasteiger partial charge in [0, 0.05) is 30.8 Å². The number of hydrogen-bond acceptors (Lipinski definition) is 2. The maximum atomic E-state index is 13.8. The zero-order valence-corrected chi connectivity index (χ0v) is 11.3. The zero-order valence-electron chi connectivity index (χ0n) is 11.3. The maximum absolute atomic E-state index is 13.8. The van der Waals surface area contributed by atoms with Gasteiger partial charge >= 0.3 is 0 Å². The number of nitrogens with one attached hydrogen (secondary N) is 1. The minimum atomic E-state index is -0.508. The monoisotopic (exact) mass is 266 g/mol. The van der Waals surface area contributed by atoms with Crippen LogP contribution in [0.25, 0.3) is 0 Å². The fraction of sp³-hybridized carbons (Fsp3) is 0.600. The topological polar surface area (TPSA) is 15.3 Å². The minimum Gasteiger partial charge on any atom is -0.316 e. The van der Waals surface area contributed by atoms with Crippen LogP contribution in [0.1, 0.15) is 31.4 Å². The van der Waals surface area contributed by atoms with Gasteiger partial charge in [-0.25, -0.2) is 8.78 Å². The summed E-state index contributed by atoms with van der Waals surface area (Å²) in [7, 11) is 0. The van der Waals surface area contributed by atoms with Gasteiger partial charge in [0.25, 0.3) is 0 Å². The van der Waals surface area contributed by atoms with Crippen molar-refractivity contribution < 1.29 is 8.78 Å². The lowest BCUT2D eigenvalue weighted by molar-refractivity contribution is 0.220. The largest absolute Gasteiger partial charge is 0.316 e. The Morgan fingerprint density at radius 2 is 2.16 bits per heavy atom. The molecule has 1 aromatic rings. The summed E-state index contributed by atoms with van der Waals surface area (Å²) in [5, 5.41) is 3.42. The van der Waals surface area contributed by atoms with E-state index in [4.69, 9.17) is 0 Å². The number of halogens is 2. The molecule has 0 aromatic heterocycles. The van der Waals surface area contributed by atoms with Gasteiger partial charge in [-0.3, -0.25) is 4.90 Å². The summed E-state index contributed by atoms with van der Waals surface area (Å²) in [6.07, 6.45) is 2.38. The fourth-order valence-corrected chi connectivity index (χ4v) is 3.48. The van der Waals surface area contributed by atoms with E-state index < -0.39 is 11.6 Å². The van der Waals surface area contributed by atoms with E-state index in [0.29, 0.717) is 11.0 Å². The van der Waals surface area contributed by atoms with Gasteiger partial charge in [0.1, 0.15) is 11.6 Å². The van der Waals surface area contributed by atoms with E-state index in [-0.39, 0.29) is 6.04 Å². The van der Waals surface area contributed by atoms with Crippen molar-refractivity contribution in [3.8, 4) is 0 Å². The Morgan fingerprint density at radius 3 is 2.84 bits per heavy atom. The molecular weight excluding hydrogens is 246 g/mol. The van der Waals surface area contributed by atoms with E-state index in [9.17, 15) is 8.78 Å². The van der Waals surface area contributed by atoms with Crippen LogP contribution in [0, 0.1) is 17.0 Å². The van der Waals surface area contributed by atoms with Crippen LogP contribution in [-0.4, -0.2) is 31.1 Å². The van der Waals surface area contributed by atoms with Crippen LogP contribution in [0.2, 0.25) is 0 Å². The first-order valence-electron chi connectivity index (χ1n) is 6.99. The smallest absolute Gasteiger partial charge is 0.130 e. The molecule has 1 N–H and O–H groups in total. The predicted octanol–water partition coefficient (Wildman–Crippen LogP) is 2.71. The standard InChI is InChI=1S/C15H20F2N2/c1-11(13-3-2-12(16)8-14(13)17)19-7-5-15(10-19)4-6-18-9-15/h2-3,8,11,18H,4-7,9-10H2,1H3. The second-order valence-electron chi connectivity index (χ2n) is 5.99. The molecule has 0 bridgehead atoms. The van der Waals surface area contributed by atoms with Crippen LogP contribution in [0.15, 0.2) is 18.2 Å². The summed E-state index contributed by atoms with van der Waals surface area (Å²) in [5.74, 6) is -0.940. The van der Waals surface area contributed by atoms with Crippen molar-refractivity contribution >= 4 is 0 Å². The van der Waals surface area contributed by atoms with Crippen molar-refractivity contribution in [3.63, 3.8) is 0 Å². The lowest BCUT2D eigenvalue weighted by Crippen LogP contribution is -2.31. The molecule has 104 valence electrons. The molecule has 1 aromatic carbocycles. The molecule has 3 rings (SSSR count). The average molecular weight is 266 g/mol. The molecule has 2 aliphatic rings. The third-order valence-electron chi connectivity index (χ3n) is 4.76. The van der Waals surface area contributed by atoms with Gasteiger partial charge < -0.3 is 5.32 Å². The van der Waals surface area contributed by atoms with Crippen LogP contribution in [0.5, 0.6) is 0 Å². The minimum absolute atomic E-state index is 0.0144. The van der Waals surface area contributed by atoms with Crippen molar-refractivity contribution in [1.82, 2.24) is 10.2 Å². The number of benzene rings is 1. The molecule has 0 saturated carbocycles. The molecule has 2 saturated heterocycles. The molecule has 2 heterocycles. The molecule has 19 heavy (non-hydrogen) atoms. The van der Waals surface area contributed by atoms with Crippen LogP contribution >= 0.6 is 0 Å². The van der Waals surface area contributed by atoms with E-state index in [2.05, 4.69) is 10.2 Å². The lowest BCUT2D eigenvalue weighted by atomic mass is 9.86. The van der Waals surface area contributed by atoms with Gasteiger partial charge in [-0.1, -0.05) is 6.07 Å². The molecule has 4 heteroatoms. The summed E-state index contributed by atoms with van der Waals surface area (Å²) in [4.78, 5) is 2.32. The maximum Gasteiger partial charge on any atom is 0.130 e. The van der Waals surface area contributed by atoms with Gasteiger partial charge in [0.2, 0.25) is 0 Å². The summed E-state index contributed by atoms with van der Waals surface area (Å²) in [6.45, 7) is 6.19. The highest BCUT2D eigenvalue weighted by Gasteiger charge is 2.41. The van der Waals surface area contributed by atoms with E-state index in [1.54, 1.807) is 6.07 Å². The highest BCUT2D eigenvalue weighted by Crippen LogP contribution is 2.39. The molecule has 2 unspecified atom stereocenters. The van der Waals surface area contributed by atoms with Gasteiger partial charge in [-0.05, 0) is 44.3 Å². The van der Waals surface area contributed by atoms with E-state index >= 15 is 0 Å². The molecule has 2 fully saturated rings. The molecule has 1 spiro atoms. The molecule has 2 nitrogen and oxygen atoms in total. The molecule has 0 amide bonds. The van der Waals surface area contributed by atoms with Crippen molar-refractivity contribution in [2.24, 2.45) is 5.41 Å². The van der Waals surface area contributed by atoms with E-state index in [0.717, 1.165) is 32.2 Å². The summed E-state index contributed by atoms with van der Waals surface area (Å²) < 4.78 is 26.8. The number of hydrogen-bond donors (Lipinski definition) is 1. The summed E-state index contributed by atoms with van der Waals surface area (Å²) in [5.41, 5.74) is 0.981. The average Bonchev–Trinajstić information content (AvgIpc) is 3.00. The van der Waals surface area contributed by atoms with Gasteiger partial charge in [-0.2, -0.15) is 0 Å². The highest BCUT2D eigenvalue weighted by atomic mass is 19.1. The first-order valence-corrected chi connectivity index (χ1v) is 6.99. The first kappa shape index (κ1) is 13.0. The van der Waals surface area contributed by atoms with E-state index in [1.165, 1.54) is 18.9 Å². The Bertz CT molecular complexity index is 469. The Kier molecular flexibility index (Phi) is 3.31. The van der Waals surface area contributed by atoms with Crippen molar-refractivity contribution in [2.45, 2.75) is 25.8 Å². The Balaban J connectivity index is 1.75. The highest BCUT2D eigenvalue weighted by molar-refractivity contribution is 5.22.